The normalized spacial score (nSPS) is 18.1. The summed E-state index contributed by atoms with van der Waals surface area (Å²) in [7, 11) is 3.14. The van der Waals surface area contributed by atoms with E-state index in [2.05, 4.69) is 10.6 Å². The topological polar surface area (TPSA) is 215 Å². The Hall–Kier alpha value is -8.67. The van der Waals surface area contributed by atoms with E-state index in [1.165, 1.54) is 7.11 Å². The van der Waals surface area contributed by atoms with Crippen LogP contribution >= 0.6 is 0 Å². The van der Waals surface area contributed by atoms with Gasteiger partial charge in [0.15, 0.2) is 17.3 Å². The molecule has 5 aliphatic rings. The summed E-state index contributed by atoms with van der Waals surface area (Å²) >= 11 is 0. The van der Waals surface area contributed by atoms with Crippen LogP contribution in [0, 0.1) is 18.8 Å². The predicted octanol–water partition coefficient (Wildman–Crippen LogP) is 7.40. The van der Waals surface area contributed by atoms with Gasteiger partial charge in [-0.25, -0.2) is 0 Å². The number of anilines is 1. The number of imide groups is 1. The summed E-state index contributed by atoms with van der Waals surface area (Å²) in [6, 6.07) is 20.5. The molecule has 75 heavy (non-hydrogen) atoms. The van der Waals surface area contributed by atoms with Crippen LogP contribution in [0.1, 0.15) is 83.9 Å². The van der Waals surface area contributed by atoms with Gasteiger partial charge < -0.3 is 39.4 Å². The van der Waals surface area contributed by atoms with Crippen LogP contribution < -0.4 is 29.6 Å². The Morgan fingerprint density at radius 2 is 1.24 bits per heavy atom. The van der Waals surface area contributed by atoms with Gasteiger partial charge in [-0.05, 0) is 77.1 Å². The third-order valence-electron chi connectivity index (χ3n) is 13.7. The van der Waals surface area contributed by atoms with Crippen molar-refractivity contribution in [3.63, 3.8) is 0 Å². The molecule has 0 radical (unpaired) electrons. The second-order valence-corrected chi connectivity index (χ2v) is 19.3. The van der Waals surface area contributed by atoms with E-state index in [1.54, 1.807) is 68.2 Å². The van der Waals surface area contributed by atoms with Crippen molar-refractivity contribution in [2.45, 2.75) is 71.5 Å². The van der Waals surface area contributed by atoms with Crippen molar-refractivity contribution < 1.29 is 52.5 Å². The second-order valence-electron chi connectivity index (χ2n) is 19.3. The smallest absolute Gasteiger partial charge is 0.260 e. The first-order valence-corrected chi connectivity index (χ1v) is 24.8. The number of aryl methyl sites for hydroxylation is 1. The van der Waals surface area contributed by atoms with E-state index in [9.17, 15) is 33.6 Å². The Bertz CT molecular complexity index is 3120. The number of carbonyl (C=O) groups is 7. The largest absolute Gasteiger partial charge is 0.497 e. The molecule has 4 atom stereocenters. The van der Waals surface area contributed by atoms with Crippen LogP contribution in [0.4, 0.5) is 17.1 Å². The van der Waals surface area contributed by atoms with Crippen molar-refractivity contribution >= 4 is 81.9 Å². The lowest BCUT2D eigenvalue weighted by Gasteiger charge is -2.24. The van der Waals surface area contributed by atoms with Gasteiger partial charge in [0.25, 0.3) is 23.6 Å². The number of aliphatic imine (C=N–C) groups is 2. The maximum absolute atomic E-state index is 14.1. The Labute approximate surface area is 433 Å². The van der Waals surface area contributed by atoms with Crippen molar-refractivity contribution in [2.75, 3.05) is 39.3 Å². The van der Waals surface area contributed by atoms with Gasteiger partial charge in [0.1, 0.15) is 18.0 Å². The summed E-state index contributed by atoms with van der Waals surface area (Å²) in [6.45, 7) is 7.13. The zero-order valence-electron chi connectivity index (χ0n) is 42.5. The van der Waals surface area contributed by atoms with Gasteiger partial charge in [0.2, 0.25) is 11.8 Å². The fourth-order valence-corrected chi connectivity index (χ4v) is 9.51. The number of carbonyl (C=O) groups excluding carboxylic acids is 7. The first kappa shape index (κ1) is 51.2. The average molecular weight is 1020 g/mol. The summed E-state index contributed by atoms with van der Waals surface area (Å²) < 4.78 is 23.3. The minimum Gasteiger partial charge on any atom is -0.497 e. The van der Waals surface area contributed by atoms with Crippen LogP contribution in [0.2, 0.25) is 0 Å². The molecule has 386 valence electrons. The lowest BCUT2D eigenvalue weighted by Crippen LogP contribution is -2.49. The van der Waals surface area contributed by atoms with Crippen LogP contribution in [-0.4, -0.2) is 120 Å². The molecule has 4 aromatic rings. The lowest BCUT2D eigenvalue weighted by atomic mass is 9.92. The molecule has 0 fully saturated rings. The zero-order chi connectivity index (χ0) is 53.1. The number of nitrogens with one attached hydrogen (secondary N) is 2. The highest BCUT2D eigenvalue weighted by Crippen LogP contribution is 2.41. The van der Waals surface area contributed by atoms with E-state index in [1.807, 2.05) is 74.1 Å². The Kier molecular flexibility index (Phi) is 14.9. The van der Waals surface area contributed by atoms with Crippen LogP contribution in [0.15, 0.2) is 107 Å². The molecule has 5 aliphatic heterocycles. The van der Waals surface area contributed by atoms with Gasteiger partial charge in [-0.1, -0.05) is 45.0 Å². The molecular formula is C57H57N7O11. The molecule has 0 unspecified atom stereocenters. The minimum atomic E-state index is -0.923. The molecule has 0 saturated heterocycles. The summed E-state index contributed by atoms with van der Waals surface area (Å²) in [5.41, 5.74) is 7.01. The van der Waals surface area contributed by atoms with E-state index in [0.29, 0.717) is 71.3 Å². The van der Waals surface area contributed by atoms with Crippen molar-refractivity contribution in [3.8, 4) is 23.0 Å². The van der Waals surface area contributed by atoms with E-state index in [-0.39, 0.29) is 54.5 Å². The average Bonchev–Trinajstić information content (AvgIpc) is 4.09. The molecule has 4 aromatic carbocycles. The number of rotatable bonds is 19. The van der Waals surface area contributed by atoms with Gasteiger partial charge in [-0.3, -0.25) is 48.4 Å². The van der Waals surface area contributed by atoms with Crippen molar-refractivity contribution in [2.24, 2.45) is 21.8 Å². The van der Waals surface area contributed by atoms with Crippen molar-refractivity contribution in [1.82, 2.24) is 20.0 Å². The standard InChI is InChI=1S/C57H57N7O11/c1-32(2)54(61-51(66)31-64-52(67)16-17-53(64)68)47(65)21-34(4)55(69)60-39-12-8-35(9-13-39)37-22-41-28-59-46-26-50(49(73-6)24-44(46)57(71)63(41)29-37)75-19-7-18-74-48-25-45-43(20-33(48)3)56(70)62-30-38(23-40(62)27-58-45)36-10-14-42(72-5)15-11-36/h8-17,20,24-30,32,34,40-41,54H,7,18-19,21-23,31H2,1-6H3,(H,60,69)(H,61,66)/t34-,40+,41+,54+/m1/s1. The number of hydrogen-bond acceptors (Lipinski definition) is 13. The number of Topliss-reactive ketones (excluding diaryl/α,β-unsaturated/α-hetero) is 1. The third kappa shape index (κ3) is 11.0. The van der Waals surface area contributed by atoms with E-state index >= 15 is 0 Å². The monoisotopic (exact) mass is 1020 g/mol. The maximum Gasteiger partial charge on any atom is 0.260 e. The molecule has 9 rings (SSSR count). The second kappa shape index (κ2) is 21.8. The molecule has 2 N–H and O–H groups in total. The molecule has 18 nitrogen and oxygen atoms in total. The van der Waals surface area contributed by atoms with Gasteiger partial charge >= 0.3 is 0 Å². The van der Waals surface area contributed by atoms with Gasteiger partial charge in [0, 0.05) is 86.4 Å². The third-order valence-corrected chi connectivity index (χ3v) is 13.7. The number of nitrogens with zero attached hydrogens (tertiary/aromatic N) is 5. The van der Waals surface area contributed by atoms with Crippen LogP contribution in [0.5, 0.6) is 23.0 Å². The number of fused-ring (bicyclic) bond motifs is 4. The number of ether oxygens (including phenoxy) is 4. The highest BCUT2D eigenvalue weighted by molar-refractivity contribution is 6.14. The molecule has 6 amide bonds. The molecular weight excluding hydrogens is 959 g/mol. The SMILES string of the molecule is COc1ccc(C2=CN3C(=O)c4cc(C)c(OCCCOc5cc6c(cc5OC)C(=O)N5C=C(c7ccc(NC(=O)[C@H](C)CC(=O)[C@@H](NC(=O)CN8C(=O)C=CC8=O)C(C)C)cc7)C[C@H]5C=N6)cc4N=C[C@@H]3C2)cc1. The summed E-state index contributed by atoms with van der Waals surface area (Å²) in [5.74, 6) is -1.82. The minimum absolute atomic E-state index is 0.117. The van der Waals surface area contributed by atoms with Gasteiger partial charge in [-0.2, -0.15) is 0 Å². The lowest BCUT2D eigenvalue weighted by molar-refractivity contribution is -0.141. The van der Waals surface area contributed by atoms with Gasteiger partial charge in [-0.15, -0.1) is 0 Å². The quantitative estimate of drug-likeness (QED) is 0.0697. The van der Waals surface area contributed by atoms with Crippen LogP contribution in [-0.2, 0) is 24.0 Å². The molecule has 0 saturated carbocycles. The number of amides is 6. The summed E-state index contributed by atoms with van der Waals surface area (Å²) in [4.78, 5) is 104. The van der Waals surface area contributed by atoms with Crippen LogP contribution in [0.25, 0.3) is 11.1 Å². The molecule has 18 heteroatoms. The van der Waals surface area contributed by atoms with Crippen molar-refractivity contribution in [1.29, 1.82) is 0 Å². The highest BCUT2D eigenvalue weighted by atomic mass is 16.5. The number of hydrogen-bond donors (Lipinski definition) is 2. The predicted molar refractivity (Wildman–Crippen MR) is 281 cm³/mol. The van der Waals surface area contributed by atoms with Crippen LogP contribution in [0.3, 0.4) is 0 Å². The fraction of sp³-hybridized carbons (Fsp3) is 0.316. The molecule has 0 bridgehead atoms. The molecule has 0 aromatic heterocycles. The van der Waals surface area contributed by atoms with Gasteiger partial charge in [0.05, 0.1) is 68.1 Å². The van der Waals surface area contributed by atoms with Crippen molar-refractivity contribution in [3.05, 3.63) is 125 Å². The molecule has 0 aliphatic carbocycles. The number of benzene rings is 4. The van der Waals surface area contributed by atoms with E-state index < -0.39 is 36.2 Å². The van der Waals surface area contributed by atoms with E-state index in [4.69, 9.17) is 28.9 Å². The Morgan fingerprint density at radius 3 is 1.80 bits per heavy atom. The molecule has 0 spiro atoms. The highest BCUT2D eigenvalue weighted by Gasteiger charge is 2.36. The number of methoxy groups -OCH3 is 2. The zero-order valence-corrected chi connectivity index (χ0v) is 42.5. The summed E-state index contributed by atoms with van der Waals surface area (Å²) in [5, 5.41) is 5.48. The number of ketones is 1. The Balaban J connectivity index is 0.760. The Morgan fingerprint density at radius 1 is 0.693 bits per heavy atom. The summed E-state index contributed by atoms with van der Waals surface area (Å²) in [6.07, 6.45) is 11.0. The first-order valence-electron chi connectivity index (χ1n) is 24.8. The van der Waals surface area contributed by atoms with E-state index in [0.717, 1.165) is 50.6 Å². The fourth-order valence-electron chi connectivity index (χ4n) is 9.51. The first-order chi connectivity index (χ1) is 36.1. The maximum atomic E-state index is 14.1. The molecule has 5 heterocycles.